The van der Waals surface area contributed by atoms with Crippen molar-refractivity contribution in [1.82, 2.24) is 20.9 Å². The van der Waals surface area contributed by atoms with Crippen LogP contribution in [0.5, 0.6) is 0 Å². The molecule has 1 saturated heterocycles. The van der Waals surface area contributed by atoms with Crippen molar-refractivity contribution in [3.63, 3.8) is 0 Å². The SMILES string of the molecule is CCNC(=NCC1CCCN(C)C1c1cccs1)NCCCNC(=O)c1ccccc1. The number of rotatable bonds is 9. The summed E-state index contributed by atoms with van der Waals surface area (Å²) in [6.45, 7) is 6.27. The summed E-state index contributed by atoms with van der Waals surface area (Å²) in [5, 5.41) is 11.9. The van der Waals surface area contributed by atoms with Gasteiger partial charge in [-0.2, -0.15) is 0 Å². The van der Waals surface area contributed by atoms with Crippen LogP contribution in [0.3, 0.4) is 0 Å². The van der Waals surface area contributed by atoms with Gasteiger partial charge in [-0.25, -0.2) is 0 Å². The smallest absolute Gasteiger partial charge is 0.251 e. The molecule has 3 rings (SSSR count). The first-order valence-corrected chi connectivity index (χ1v) is 12.2. The van der Waals surface area contributed by atoms with Gasteiger partial charge in [-0.05, 0) is 69.3 Å². The second-order valence-electron chi connectivity index (χ2n) is 7.97. The number of benzene rings is 1. The van der Waals surface area contributed by atoms with E-state index in [9.17, 15) is 4.79 Å². The van der Waals surface area contributed by atoms with Crippen LogP contribution in [-0.4, -0.2) is 56.5 Å². The van der Waals surface area contributed by atoms with E-state index in [0.29, 0.717) is 24.1 Å². The third-order valence-corrected chi connectivity index (χ3v) is 6.58. The van der Waals surface area contributed by atoms with Gasteiger partial charge in [0.1, 0.15) is 0 Å². The minimum absolute atomic E-state index is 0.0257. The quantitative estimate of drug-likeness (QED) is 0.316. The summed E-state index contributed by atoms with van der Waals surface area (Å²) in [5.74, 6) is 1.36. The van der Waals surface area contributed by atoms with Crippen molar-refractivity contribution >= 4 is 23.2 Å². The Balaban J connectivity index is 1.46. The van der Waals surface area contributed by atoms with Gasteiger partial charge in [-0.3, -0.25) is 14.7 Å². The highest BCUT2D eigenvalue weighted by molar-refractivity contribution is 7.10. The van der Waals surface area contributed by atoms with Crippen LogP contribution in [-0.2, 0) is 0 Å². The van der Waals surface area contributed by atoms with E-state index in [0.717, 1.165) is 38.6 Å². The number of thiophene rings is 1. The zero-order valence-corrected chi connectivity index (χ0v) is 19.5. The Morgan fingerprint density at radius 3 is 2.68 bits per heavy atom. The predicted octanol–water partition coefficient (Wildman–Crippen LogP) is 3.51. The lowest BCUT2D eigenvalue weighted by Crippen LogP contribution is -2.40. The minimum Gasteiger partial charge on any atom is -0.357 e. The average molecular weight is 442 g/mol. The fraction of sp³-hybridized carbons (Fsp3) is 0.500. The van der Waals surface area contributed by atoms with Crippen LogP contribution in [0.2, 0.25) is 0 Å². The lowest BCUT2D eigenvalue weighted by Gasteiger charge is -2.38. The maximum absolute atomic E-state index is 12.1. The predicted molar refractivity (Wildman–Crippen MR) is 130 cm³/mol. The molecule has 2 atom stereocenters. The molecule has 2 unspecified atom stereocenters. The molecule has 168 valence electrons. The summed E-state index contributed by atoms with van der Waals surface area (Å²) in [6.07, 6.45) is 3.28. The van der Waals surface area contributed by atoms with Crippen molar-refractivity contribution in [2.24, 2.45) is 10.9 Å². The monoisotopic (exact) mass is 441 g/mol. The Morgan fingerprint density at radius 1 is 1.13 bits per heavy atom. The Hall–Kier alpha value is -2.38. The zero-order valence-electron chi connectivity index (χ0n) is 18.6. The third-order valence-electron chi connectivity index (χ3n) is 5.64. The van der Waals surface area contributed by atoms with E-state index in [4.69, 9.17) is 4.99 Å². The first-order chi connectivity index (χ1) is 15.2. The highest BCUT2D eigenvalue weighted by Crippen LogP contribution is 2.37. The molecule has 0 saturated carbocycles. The van der Waals surface area contributed by atoms with Crippen molar-refractivity contribution in [3.05, 3.63) is 58.3 Å². The molecule has 1 aliphatic heterocycles. The number of nitrogens with zero attached hydrogens (tertiary/aromatic N) is 2. The summed E-state index contributed by atoms with van der Waals surface area (Å²) >= 11 is 1.85. The van der Waals surface area contributed by atoms with E-state index < -0.39 is 0 Å². The van der Waals surface area contributed by atoms with Gasteiger partial charge >= 0.3 is 0 Å². The highest BCUT2D eigenvalue weighted by atomic mass is 32.1. The number of nitrogens with one attached hydrogen (secondary N) is 3. The normalized spacial score (nSPS) is 19.7. The number of piperidine rings is 1. The molecule has 1 fully saturated rings. The van der Waals surface area contributed by atoms with Gasteiger partial charge in [-0.1, -0.05) is 24.3 Å². The van der Waals surface area contributed by atoms with Crippen LogP contribution in [0.1, 0.15) is 47.5 Å². The molecule has 31 heavy (non-hydrogen) atoms. The molecule has 0 radical (unpaired) electrons. The second-order valence-corrected chi connectivity index (χ2v) is 8.94. The van der Waals surface area contributed by atoms with Crippen molar-refractivity contribution in [2.45, 2.75) is 32.2 Å². The molecule has 0 spiro atoms. The molecule has 0 bridgehead atoms. The van der Waals surface area contributed by atoms with Crippen LogP contribution >= 0.6 is 11.3 Å². The number of likely N-dealkylation sites (tertiary alicyclic amines) is 1. The van der Waals surface area contributed by atoms with Crippen molar-refractivity contribution < 1.29 is 4.79 Å². The summed E-state index contributed by atoms with van der Waals surface area (Å²) in [4.78, 5) is 20.9. The average Bonchev–Trinajstić information content (AvgIpc) is 3.32. The van der Waals surface area contributed by atoms with Crippen LogP contribution < -0.4 is 16.0 Å². The fourth-order valence-electron chi connectivity index (χ4n) is 4.10. The van der Waals surface area contributed by atoms with Crippen molar-refractivity contribution in [2.75, 3.05) is 39.8 Å². The fourth-order valence-corrected chi connectivity index (χ4v) is 5.08. The molecule has 2 aromatic rings. The topological polar surface area (TPSA) is 68.8 Å². The molecule has 1 amide bonds. The number of aliphatic imine (C=N–C) groups is 1. The Labute approximate surface area is 190 Å². The standard InChI is InChI=1S/C24H35N5OS/c1-3-25-24(27-15-9-14-26-23(30)19-10-5-4-6-11-19)28-18-20-12-7-16-29(2)22(20)21-13-8-17-31-21/h4-6,8,10-11,13,17,20,22H,3,7,9,12,14-16,18H2,1-2H3,(H,26,30)(H2,25,27,28). The summed E-state index contributed by atoms with van der Waals surface area (Å²) < 4.78 is 0. The van der Waals surface area contributed by atoms with Gasteiger partial charge < -0.3 is 16.0 Å². The molecule has 1 aliphatic rings. The van der Waals surface area contributed by atoms with Crippen LogP contribution in [0.4, 0.5) is 0 Å². The molecule has 6 nitrogen and oxygen atoms in total. The molecular formula is C24H35N5OS. The number of amides is 1. The van der Waals surface area contributed by atoms with Crippen molar-refractivity contribution in [1.29, 1.82) is 0 Å². The third kappa shape index (κ3) is 7.08. The van der Waals surface area contributed by atoms with E-state index in [1.165, 1.54) is 17.7 Å². The Bertz CT molecular complexity index is 809. The molecule has 7 heteroatoms. The first-order valence-electron chi connectivity index (χ1n) is 11.3. The number of carbonyl (C=O) groups is 1. The number of hydrogen-bond acceptors (Lipinski definition) is 4. The molecule has 2 heterocycles. The second kappa shape index (κ2) is 12.5. The lowest BCUT2D eigenvalue weighted by molar-refractivity contribution is 0.0953. The molecule has 1 aromatic heterocycles. The van der Waals surface area contributed by atoms with Gasteiger partial charge in [-0.15, -0.1) is 11.3 Å². The maximum Gasteiger partial charge on any atom is 0.251 e. The van der Waals surface area contributed by atoms with E-state index in [2.05, 4.69) is 52.3 Å². The van der Waals surface area contributed by atoms with Gasteiger partial charge in [0.25, 0.3) is 5.91 Å². The summed E-state index contributed by atoms with van der Waals surface area (Å²) in [6, 6.07) is 14.2. The summed E-state index contributed by atoms with van der Waals surface area (Å²) in [7, 11) is 2.23. The van der Waals surface area contributed by atoms with Gasteiger partial charge in [0.05, 0.1) is 0 Å². The lowest BCUT2D eigenvalue weighted by atomic mass is 9.88. The van der Waals surface area contributed by atoms with Crippen molar-refractivity contribution in [3.8, 4) is 0 Å². The highest BCUT2D eigenvalue weighted by Gasteiger charge is 2.31. The number of guanidine groups is 1. The van der Waals surface area contributed by atoms with Gasteiger partial charge in [0.2, 0.25) is 0 Å². The molecule has 0 aliphatic carbocycles. The minimum atomic E-state index is -0.0257. The summed E-state index contributed by atoms with van der Waals surface area (Å²) in [5.41, 5.74) is 0.697. The Morgan fingerprint density at radius 2 is 1.94 bits per heavy atom. The van der Waals surface area contributed by atoms with Gasteiger partial charge in [0.15, 0.2) is 5.96 Å². The molecular weight excluding hydrogens is 406 g/mol. The van der Waals surface area contributed by atoms with E-state index in [-0.39, 0.29) is 5.91 Å². The van der Waals surface area contributed by atoms with E-state index in [1.807, 2.05) is 41.7 Å². The van der Waals surface area contributed by atoms with E-state index in [1.54, 1.807) is 0 Å². The van der Waals surface area contributed by atoms with Crippen LogP contribution in [0.25, 0.3) is 0 Å². The Kier molecular flexibility index (Phi) is 9.37. The maximum atomic E-state index is 12.1. The number of carbonyl (C=O) groups excluding carboxylic acids is 1. The van der Waals surface area contributed by atoms with Crippen LogP contribution in [0, 0.1) is 5.92 Å². The van der Waals surface area contributed by atoms with Crippen LogP contribution in [0.15, 0.2) is 52.8 Å². The van der Waals surface area contributed by atoms with Gasteiger partial charge in [0, 0.05) is 42.7 Å². The first kappa shape index (κ1) is 23.3. The zero-order chi connectivity index (χ0) is 21.9. The molecule has 3 N–H and O–H groups in total. The van der Waals surface area contributed by atoms with E-state index >= 15 is 0 Å². The largest absolute Gasteiger partial charge is 0.357 e. The number of hydrogen-bond donors (Lipinski definition) is 3. The molecule has 1 aromatic carbocycles.